The zero-order valence-corrected chi connectivity index (χ0v) is 6.87. The van der Waals surface area contributed by atoms with Gasteiger partial charge in [-0.2, -0.15) is 0 Å². The molecule has 0 saturated carbocycles. The van der Waals surface area contributed by atoms with Crippen LogP contribution in [-0.4, -0.2) is 17.9 Å². The number of fused-ring (bicyclic) bond motifs is 1. The van der Waals surface area contributed by atoms with Gasteiger partial charge in [-0.15, -0.1) is 0 Å². The van der Waals surface area contributed by atoms with E-state index in [2.05, 4.69) is 5.32 Å². The molecule has 1 aromatic rings. The van der Waals surface area contributed by atoms with Crippen LogP contribution in [0, 0.1) is 6.92 Å². The number of hydrogen-bond acceptors (Lipinski definition) is 3. The Balaban J connectivity index is 2.37. The molecule has 1 heterocycles. The summed E-state index contributed by atoms with van der Waals surface area (Å²) in [6, 6.07) is 5.84. The largest absolute Gasteiger partial charge is 0.487 e. The normalized spacial score (nSPS) is 20.7. The van der Waals surface area contributed by atoms with Gasteiger partial charge >= 0.3 is 0 Å². The summed E-state index contributed by atoms with van der Waals surface area (Å²) < 4.78 is 5.30. The predicted octanol–water partition coefficient (Wildman–Crippen LogP) is 1.12. The van der Waals surface area contributed by atoms with E-state index in [1.54, 1.807) is 0 Å². The molecule has 0 unspecified atom stereocenters. The number of hydrogen-bond donors (Lipinski definition) is 2. The highest BCUT2D eigenvalue weighted by Gasteiger charge is 2.15. The van der Waals surface area contributed by atoms with Crippen LogP contribution < -0.4 is 10.1 Å². The number of rotatable bonds is 0. The van der Waals surface area contributed by atoms with Gasteiger partial charge in [-0.3, -0.25) is 0 Å². The number of nitrogens with one attached hydrogen (secondary N) is 1. The fourth-order valence-electron chi connectivity index (χ4n) is 1.26. The fraction of sp³-hybridized carbons (Fsp3) is 0.333. The standard InChI is InChI=1S/C9H11NO2/c1-6-2-3-7-8(4-6)12-5-9(11)10-7/h2-4,9-11H,5H2,1H3/t9-/m1/s1. The highest BCUT2D eigenvalue weighted by Crippen LogP contribution is 2.28. The summed E-state index contributed by atoms with van der Waals surface area (Å²) in [7, 11) is 0. The number of aliphatic hydroxyl groups is 1. The van der Waals surface area contributed by atoms with Crippen molar-refractivity contribution in [3.8, 4) is 5.75 Å². The van der Waals surface area contributed by atoms with Crippen molar-refractivity contribution in [3.05, 3.63) is 23.8 Å². The van der Waals surface area contributed by atoms with E-state index >= 15 is 0 Å². The Labute approximate surface area is 71.0 Å². The maximum Gasteiger partial charge on any atom is 0.159 e. The SMILES string of the molecule is Cc1ccc2c(c1)OC[C@@H](O)N2. The van der Waals surface area contributed by atoms with Gasteiger partial charge in [-0.1, -0.05) is 6.07 Å². The molecule has 2 N–H and O–H groups in total. The predicted molar refractivity (Wildman–Crippen MR) is 46.3 cm³/mol. The van der Waals surface area contributed by atoms with Gasteiger partial charge in [-0.25, -0.2) is 0 Å². The third-order valence-electron chi connectivity index (χ3n) is 1.86. The average Bonchev–Trinajstić information content (AvgIpc) is 2.05. The quantitative estimate of drug-likeness (QED) is 0.605. The first-order valence-corrected chi connectivity index (χ1v) is 3.94. The summed E-state index contributed by atoms with van der Waals surface area (Å²) in [5.74, 6) is 0.820. The van der Waals surface area contributed by atoms with Crippen LogP contribution in [0.15, 0.2) is 18.2 Å². The van der Waals surface area contributed by atoms with E-state index in [0.29, 0.717) is 6.61 Å². The minimum absolute atomic E-state index is 0.316. The summed E-state index contributed by atoms with van der Waals surface area (Å²) in [4.78, 5) is 0. The van der Waals surface area contributed by atoms with E-state index in [0.717, 1.165) is 17.0 Å². The summed E-state index contributed by atoms with van der Waals surface area (Å²) in [6.45, 7) is 2.32. The molecule has 0 radical (unpaired) electrons. The van der Waals surface area contributed by atoms with Crippen LogP contribution in [0.2, 0.25) is 0 Å². The number of aryl methyl sites for hydroxylation is 1. The molecule has 64 valence electrons. The molecule has 0 aliphatic carbocycles. The maximum absolute atomic E-state index is 9.19. The van der Waals surface area contributed by atoms with Crippen molar-refractivity contribution in [1.82, 2.24) is 0 Å². The molecule has 1 aliphatic rings. The molecule has 0 saturated heterocycles. The molecule has 12 heavy (non-hydrogen) atoms. The lowest BCUT2D eigenvalue weighted by Crippen LogP contribution is -2.30. The second-order valence-electron chi connectivity index (χ2n) is 2.97. The van der Waals surface area contributed by atoms with Crippen molar-refractivity contribution < 1.29 is 9.84 Å². The first-order chi connectivity index (χ1) is 5.75. The lowest BCUT2D eigenvalue weighted by molar-refractivity contribution is 0.119. The van der Waals surface area contributed by atoms with Crippen molar-refractivity contribution in [2.45, 2.75) is 13.2 Å². The Morgan fingerprint density at radius 2 is 2.42 bits per heavy atom. The van der Waals surface area contributed by atoms with E-state index in [1.165, 1.54) is 0 Å². The molecule has 0 amide bonds. The van der Waals surface area contributed by atoms with Gasteiger partial charge < -0.3 is 15.2 Å². The van der Waals surface area contributed by atoms with Crippen molar-refractivity contribution in [2.24, 2.45) is 0 Å². The van der Waals surface area contributed by atoms with Crippen LogP contribution in [-0.2, 0) is 0 Å². The molecular weight excluding hydrogens is 154 g/mol. The van der Waals surface area contributed by atoms with Crippen molar-refractivity contribution >= 4 is 5.69 Å². The number of benzene rings is 1. The first-order valence-electron chi connectivity index (χ1n) is 3.94. The van der Waals surface area contributed by atoms with Gasteiger partial charge in [0.2, 0.25) is 0 Å². The minimum atomic E-state index is -0.583. The topological polar surface area (TPSA) is 41.5 Å². The van der Waals surface area contributed by atoms with E-state index in [1.807, 2.05) is 25.1 Å². The third-order valence-corrected chi connectivity index (χ3v) is 1.86. The van der Waals surface area contributed by atoms with Gasteiger partial charge in [-0.05, 0) is 24.6 Å². The van der Waals surface area contributed by atoms with Gasteiger partial charge in [0.1, 0.15) is 12.4 Å². The van der Waals surface area contributed by atoms with Gasteiger partial charge in [0.25, 0.3) is 0 Å². The van der Waals surface area contributed by atoms with Crippen molar-refractivity contribution in [3.63, 3.8) is 0 Å². The number of anilines is 1. The van der Waals surface area contributed by atoms with Gasteiger partial charge in [0, 0.05) is 0 Å². The summed E-state index contributed by atoms with van der Waals surface area (Å²) in [6.07, 6.45) is -0.583. The van der Waals surface area contributed by atoms with Gasteiger partial charge in [0.15, 0.2) is 6.23 Å². The molecule has 0 aromatic heterocycles. The van der Waals surface area contributed by atoms with Crippen LogP contribution in [0.25, 0.3) is 0 Å². The molecule has 3 heteroatoms. The van der Waals surface area contributed by atoms with E-state index in [-0.39, 0.29) is 0 Å². The summed E-state index contributed by atoms with van der Waals surface area (Å²) in [5.41, 5.74) is 2.02. The Morgan fingerprint density at radius 1 is 1.58 bits per heavy atom. The Kier molecular flexibility index (Phi) is 1.66. The monoisotopic (exact) mass is 165 g/mol. The van der Waals surface area contributed by atoms with Crippen LogP contribution in [0.5, 0.6) is 5.75 Å². The Morgan fingerprint density at radius 3 is 3.25 bits per heavy atom. The van der Waals surface area contributed by atoms with Crippen LogP contribution >= 0.6 is 0 Å². The molecular formula is C9H11NO2. The molecule has 2 rings (SSSR count). The molecule has 3 nitrogen and oxygen atoms in total. The number of aliphatic hydroxyl groups excluding tert-OH is 1. The highest BCUT2D eigenvalue weighted by atomic mass is 16.5. The van der Waals surface area contributed by atoms with Crippen molar-refractivity contribution in [1.29, 1.82) is 0 Å². The lowest BCUT2D eigenvalue weighted by Gasteiger charge is -2.23. The first kappa shape index (κ1) is 7.43. The minimum Gasteiger partial charge on any atom is -0.487 e. The molecule has 1 atom stereocenters. The van der Waals surface area contributed by atoms with E-state index in [4.69, 9.17) is 4.74 Å². The van der Waals surface area contributed by atoms with E-state index < -0.39 is 6.23 Å². The van der Waals surface area contributed by atoms with E-state index in [9.17, 15) is 5.11 Å². The third kappa shape index (κ3) is 1.23. The molecule has 1 aliphatic heterocycles. The highest BCUT2D eigenvalue weighted by molar-refractivity contribution is 5.59. The molecule has 0 bridgehead atoms. The van der Waals surface area contributed by atoms with Gasteiger partial charge in [0.05, 0.1) is 5.69 Å². The Hall–Kier alpha value is -1.22. The second-order valence-corrected chi connectivity index (χ2v) is 2.97. The fourth-order valence-corrected chi connectivity index (χ4v) is 1.26. The zero-order chi connectivity index (χ0) is 8.55. The van der Waals surface area contributed by atoms with Crippen molar-refractivity contribution in [2.75, 3.05) is 11.9 Å². The van der Waals surface area contributed by atoms with Crippen LogP contribution in [0.3, 0.4) is 0 Å². The molecule has 0 spiro atoms. The number of ether oxygens (including phenoxy) is 1. The lowest BCUT2D eigenvalue weighted by atomic mass is 10.2. The summed E-state index contributed by atoms with van der Waals surface area (Å²) >= 11 is 0. The van der Waals surface area contributed by atoms with Crippen LogP contribution in [0.4, 0.5) is 5.69 Å². The van der Waals surface area contributed by atoms with Crippen LogP contribution in [0.1, 0.15) is 5.56 Å². The maximum atomic E-state index is 9.19. The smallest absolute Gasteiger partial charge is 0.159 e. The zero-order valence-electron chi connectivity index (χ0n) is 6.87. The summed E-state index contributed by atoms with van der Waals surface area (Å²) in [5, 5.41) is 12.1. The second kappa shape index (κ2) is 2.68. The molecule has 0 fully saturated rings. The molecule has 1 aromatic carbocycles. The average molecular weight is 165 g/mol. The Bertz CT molecular complexity index is 299.